The van der Waals surface area contributed by atoms with Gasteiger partial charge in [-0.05, 0) is 50.6 Å². The highest BCUT2D eigenvalue weighted by molar-refractivity contribution is 5.81. The summed E-state index contributed by atoms with van der Waals surface area (Å²) in [5.74, 6) is 0.189. The van der Waals surface area contributed by atoms with Crippen LogP contribution in [0.2, 0.25) is 0 Å². The van der Waals surface area contributed by atoms with Crippen molar-refractivity contribution in [3.8, 4) is 0 Å². The number of rotatable bonds is 5. The predicted molar refractivity (Wildman–Crippen MR) is 92.4 cm³/mol. The standard InChI is InChI=1S/C18H29N3O/c1-20(2)16-10-8-15(9-11-16)12-13-19-18(22)17-7-5-4-6-14-21(17)3/h8-11,17H,4-7,12-14H2,1-3H3,(H,19,22)/t17-/m1/s1. The lowest BCUT2D eigenvalue weighted by Crippen LogP contribution is -2.45. The minimum Gasteiger partial charge on any atom is -0.378 e. The molecule has 0 saturated carbocycles. The average Bonchev–Trinajstić information content (AvgIpc) is 2.72. The van der Waals surface area contributed by atoms with Crippen LogP contribution in [0, 0.1) is 0 Å². The highest BCUT2D eigenvalue weighted by atomic mass is 16.2. The maximum absolute atomic E-state index is 12.3. The third kappa shape index (κ3) is 4.73. The van der Waals surface area contributed by atoms with Gasteiger partial charge in [0.15, 0.2) is 0 Å². The maximum Gasteiger partial charge on any atom is 0.237 e. The van der Waals surface area contributed by atoms with Crippen molar-refractivity contribution in [2.24, 2.45) is 0 Å². The van der Waals surface area contributed by atoms with E-state index in [-0.39, 0.29) is 11.9 Å². The van der Waals surface area contributed by atoms with Crippen LogP contribution in [-0.4, -0.2) is 51.1 Å². The van der Waals surface area contributed by atoms with E-state index in [1.165, 1.54) is 24.1 Å². The van der Waals surface area contributed by atoms with E-state index in [0.29, 0.717) is 6.54 Å². The number of nitrogens with zero attached hydrogens (tertiary/aromatic N) is 2. The van der Waals surface area contributed by atoms with Crippen molar-refractivity contribution in [1.29, 1.82) is 0 Å². The first-order chi connectivity index (χ1) is 10.6. The Balaban J connectivity index is 1.78. The number of likely N-dealkylation sites (N-methyl/N-ethyl adjacent to an activating group) is 1. The lowest BCUT2D eigenvalue weighted by molar-refractivity contribution is -0.126. The molecule has 1 fully saturated rings. The minimum atomic E-state index is 0.0543. The van der Waals surface area contributed by atoms with Gasteiger partial charge in [-0.3, -0.25) is 9.69 Å². The molecule has 1 amide bonds. The van der Waals surface area contributed by atoms with E-state index in [1.807, 2.05) is 14.1 Å². The van der Waals surface area contributed by atoms with Gasteiger partial charge < -0.3 is 10.2 Å². The molecule has 4 heteroatoms. The number of hydrogen-bond acceptors (Lipinski definition) is 3. The highest BCUT2D eigenvalue weighted by Gasteiger charge is 2.24. The van der Waals surface area contributed by atoms with Crippen LogP contribution >= 0.6 is 0 Å². The summed E-state index contributed by atoms with van der Waals surface area (Å²) in [6, 6.07) is 8.57. The number of amides is 1. The van der Waals surface area contributed by atoms with Crippen LogP contribution in [0.4, 0.5) is 5.69 Å². The Morgan fingerprint density at radius 3 is 2.64 bits per heavy atom. The summed E-state index contributed by atoms with van der Waals surface area (Å²) in [6.45, 7) is 1.74. The Morgan fingerprint density at radius 2 is 1.95 bits per heavy atom. The van der Waals surface area contributed by atoms with Crippen LogP contribution in [0.3, 0.4) is 0 Å². The number of benzene rings is 1. The largest absolute Gasteiger partial charge is 0.378 e. The monoisotopic (exact) mass is 303 g/mol. The second-order valence-electron chi connectivity index (χ2n) is 6.45. The van der Waals surface area contributed by atoms with Gasteiger partial charge in [-0.2, -0.15) is 0 Å². The Morgan fingerprint density at radius 1 is 1.23 bits per heavy atom. The van der Waals surface area contributed by atoms with E-state index in [2.05, 4.69) is 46.4 Å². The lowest BCUT2D eigenvalue weighted by Gasteiger charge is -2.24. The zero-order chi connectivity index (χ0) is 15.9. The van der Waals surface area contributed by atoms with Crippen molar-refractivity contribution in [3.63, 3.8) is 0 Å². The van der Waals surface area contributed by atoms with Gasteiger partial charge in [0.05, 0.1) is 6.04 Å². The van der Waals surface area contributed by atoms with Crippen LogP contribution in [0.15, 0.2) is 24.3 Å². The molecule has 0 radical (unpaired) electrons. The fourth-order valence-electron chi connectivity index (χ4n) is 2.99. The van der Waals surface area contributed by atoms with Crippen molar-refractivity contribution in [2.45, 2.75) is 38.1 Å². The Hall–Kier alpha value is -1.55. The Bertz CT molecular complexity index is 470. The number of carbonyl (C=O) groups excluding carboxylic acids is 1. The van der Waals surface area contributed by atoms with Gasteiger partial charge in [0.2, 0.25) is 5.91 Å². The van der Waals surface area contributed by atoms with Gasteiger partial charge in [-0.15, -0.1) is 0 Å². The zero-order valence-electron chi connectivity index (χ0n) is 14.1. The first-order valence-electron chi connectivity index (χ1n) is 8.32. The number of anilines is 1. The molecule has 1 aromatic rings. The molecule has 1 aliphatic heterocycles. The van der Waals surface area contributed by atoms with Crippen molar-refractivity contribution in [3.05, 3.63) is 29.8 Å². The van der Waals surface area contributed by atoms with E-state index < -0.39 is 0 Å². The van der Waals surface area contributed by atoms with Gasteiger partial charge in [-0.1, -0.05) is 25.0 Å². The third-order valence-corrected chi connectivity index (χ3v) is 4.49. The summed E-state index contributed by atoms with van der Waals surface area (Å²) in [7, 11) is 6.15. The summed E-state index contributed by atoms with van der Waals surface area (Å²) in [5.41, 5.74) is 2.47. The molecule has 1 aliphatic rings. The summed E-state index contributed by atoms with van der Waals surface area (Å²) in [6.07, 6.45) is 5.48. The lowest BCUT2D eigenvalue weighted by atomic mass is 10.1. The third-order valence-electron chi connectivity index (χ3n) is 4.49. The summed E-state index contributed by atoms with van der Waals surface area (Å²) >= 11 is 0. The molecule has 1 atom stereocenters. The molecule has 4 nitrogen and oxygen atoms in total. The first kappa shape index (κ1) is 16.8. The SMILES string of the molecule is CN(C)c1ccc(CCNC(=O)[C@H]2CCCCCN2C)cc1. The van der Waals surface area contributed by atoms with Crippen molar-refractivity contribution in [2.75, 3.05) is 39.1 Å². The molecular weight excluding hydrogens is 274 g/mol. The number of carbonyl (C=O) groups is 1. The molecule has 0 unspecified atom stereocenters. The fraction of sp³-hybridized carbons (Fsp3) is 0.611. The smallest absolute Gasteiger partial charge is 0.237 e. The van der Waals surface area contributed by atoms with Crippen LogP contribution in [0.5, 0.6) is 0 Å². The Labute approximate surface area is 134 Å². The molecule has 1 saturated heterocycles. The zero-order valence-corrected chi connectivity index (χ0v) is 14.1. The normalized spacial score (nSPS) is 19.5. The van der Waals surface area contributed by atoms with Gasteiger partial charge in [0.1, 0.15) is 0 Å². The van der Waals surface area contributed by atoms with Crippen LogP contribution in [0.1, 0.15) is 31.2 Å². The quantitative estimate of drug-likeness (QED) is 0.906. The van der Waals surface area contributed by atoms with Crippen LogP contribution in [-0.2, 0) is 11.2 Å². The van der Waals surface area contributed by atoms with Crippen molar-refractivity contribution in [1.82, 2.24) is 10.2 Å². The molecular formula is C18H29N3O. The summed E-state index contributed by atoms with van der Waals surface area (Å²) < 4.78 is 0. The number of likely N-dealkylation sites (tertiary alicyclic amines) is 1. The van der Waals surface area contributed by atoms with Crippen LogP contribution in [0.25, 0.3) is 0 Å². The minimum absolute atomic E-state index is 0.0543. The molecule has 122 valence electrons. The van der Waals surface area contributed by atoms with E-state index in [4.69, 9.17) is 0 Å². The molecule has 22 heavy (non-hydrogen) atoms. The number of nitrogens with one attached hydrogen (secondary N) is 1. The first-order valence-corrected chi connectivity index (χ1v) is 8.32. The van der Waals surface area contributed by atoms with E-state index in [0.717, 1.165) is 25.8 Å². The van der Waals surface area contributed by atoms with E-state index in [9.17, 15) is 4.79 Å². The second kappa shape index (κ2) is 8.18. The van der Waals surface area contributed by atoms with Gasteiger partial charge >= 0.3 is 0 Å². The average molecular weight is 303 g/mol. The van der Waals surface area contributed by atoms with Gasteiger partial charge in [-0.25, -0.2) is 0 Å². The molecule has 0 spiro atoms. The van der Waals surface area contributed by atoms with E-state index >= 15 is 0 Å². The molecule has 1 heterocycles. The predicted octanol–water partition coefficient (Wildman–Crippen LogP) is 2.29. The van der Waals surface area contributed by atoms with Crippen molar-refractivity contribution < 1.29 is 4.79 Å². The fourth-order valence-corrected chi connectivity index (χ4v) is 2.99. The second-order valence-corrected chi connectivity index (χ2v) is 6.45. The molecule has 1 N–H and O–H groups in total. The van der Waals surface area contributed by atoms with Gasteiger partial charge in [0.25, 0.3) is 0 Å². The maximum atomic E-state index is 12.3. The van der Waals surface area contributed by atoms with Gasteiger partial charge in [0, 0.05) is 26.3 Å². The Kier molecular flexibility index (Phi) is 6.25. The van der Waals surface area contributed by atoms with E-state index in [1.54, 1.807) is 0 Å². The van der Waals surface area contributed by atoms with Crippen molar-refractivity contribution >= 4 is 11.6 Å². The summed E-state index contributed by atoms with van der Waals surface area (Å²) in [5, 5.41) is 3.11. The highest BCUT2D eigenvalue weighted by Crippen LogP contribution is 2.15. The number of hydrogen-bond donors (Lipinski definition) is 1. The molecule has 2 rings (SSSR count). The molecule has 0 aromatic heterocycles. The topological polar surface area (TPSA) is 35.6 Å². The molecule has 0 bridgehead atoms. The molecule has 0 aliphatic carbocycles. The summed E-state index contributed by atoms with van der Waals surface area (Å²) in [4.78, 5) is 16.6. The van der Waals surface area contributed by atoms with Crippen LogP contribution < -0.4 is 10.2 Å². The molecule has 1 aromatic carbocycles.